The summed E-state index contributed by atoms with van der Waals surface area (Å²) in [6, 6.07) is 0. The smallest absolute Gasteiger partial charge is 0.143 e. The molecule has 2 N–H and O–H groups in total. The van der Waals surface area contributed by atoms with Crippen molar-refractivity contribution < 1.29 is 19.7 Å². The van der Waals surface area contributed by atoms with Crippen molar-refractivity contribution in [2.24, 2.45) is 23.7 Å². The molecular weight excluding hydrogens is 196 g/mol. The first-order chi connectivity index (χ1) is 7.36. The average Bonchev–Trinajstić information content (AvgIpc) is 2.83. The van der Waals surface area contributed by atoms with Gasteiger partial charge in [0.15, 0.2) is 0 Å². The van der Waals surface area contributed by atoms with Crippen LogP contribution < -0.4 is 0 Å². The van der Waals surface area contributed by atoms with Gasteiger partial charge in [0.1, 0.15) is 13.6 Å². The van der Waals surface area contributed by atoms with E-state index >= 15 is 0 Å². The summed E-state index contributed by atoms with van der Waals surface area (Å²) in [4.78, 5) is 0. The van der Waals surface area contributed by atoms with Crippen LogP contribution in [0.4, 0.5) is 0 Å². The fraction of sp³-hybridized carbons (Fsp3) is 1.00. The molecule has 0 aromatic rings. The first kappa shape index (κ1) is 11.3. The van der Waals surface area contributed by atoms with Crippen LogP contribution in [0.25, 0.3) is 0 Å². The standard InChI is InChI=1S/C11H20O4/c12-6-14-4-10-8-1-2-9(3-8)11(10)5-15-7-13/h8-13H,1-7H2. The van der Waals surface area contributed by atoms with Crippen molar-refractivity contribution in [1.82, 2.24) is 0 Å². The van der Waals surface area contributed by atoms with Crippen molar-refractivity contribution in [3.8, 4) is 0 Å². The lowest BCUT2D eigenvalue weighted by Crippen LogP contribution is -2.30. The molecule has 4 atom stereocenters. The lowest BCUT2D eigenvalue weighted by atomic mass is 9.80. The summed E-state index contributed by atoms with van der Waals surface area (Å²) in [6.07, 6.45) is 3.86. The van der Waals surface area contributed by atoms with E-state index in [-0.39, 0.29) is 13.6 Å². The fourth-order valence-corrected chi connectivity index (χ4v) is 3.43. The molecule has 2 saturated carbocycles. The highest BCUT2D eigenvalue weighted by Crippen LogP contribution is 2.52. The number of ether oxygens (including phenoxy) is 2. The van der Waals surface area contributed by atoms with E-state index in [1.165, 1.54) is 19.3 Å². The zero-order valence-corrected chi connectivity index (χ0v) is 8.97. The van der Waals surface area contributed by atoms with Gasteiger partial charge in [0, 0.05) is 0 Å². The lowest BCUT2D eigenvalue weighted by Gasteiger charge is -2.30. The Morgan fingerprint density at radius 2 is 1.33 bits per heavy atom. The van der Waals surface area contributed by atoms with Gasteiger partial charge in [-0.3, -0.25) is 0 Å². The Balaban J connectivity index is 1.87. The molecule has 0 aromatic carbocycles. The molecule has 0 aliphatic heterocycles. The highest BCUT2D eigenvalue weighted by Gasteiger charge is 2.47. The Kier molecular flexibility index (Phi) is 3.97. The van der Waals surface area contributed by atoms with Gasteiger partial charge in [0.2, 0.25) is 0 Å². The molecule has 0 amide bonds. The molecule has 0 saturated heterocycles. The van der Waals surface area contributed by atoms with Crippen LogP contribution in [0.5, 0.6) is 0 Å². The van der Waals surface area contributed by atoms with E-state index in [4.69, 9.17) is 19.7 Å². The van der Waals surface area contributed by atoms with E-state index in [0.29, 0.717) is 25.0 Å². The SMILES string of the molecule is OCOCC1C2CCC(C2)C1COCO. The second-order valence-corrected chi connectivity index (χ2v) is 4.66. The van der Waals surface area contributed by atoms with Crippen molar-refractivity contribution in [3.05, 3.63) is 0 Å². The van der Waals surface area contributed by atoms with Gasteiger partial charge in [0.25, 0.3) is 0 Å². The molecule has 15 heavy (non-hydrogen) atoms. The third-order valence-corrected chi connectivity index (χ3v) is 4.08. The summed E-state index contributed by atoms with van der Waals surface area (Å²) in [5, 5.41) is 17.3. The number of hydrogen-bond acceptors (Lipinski definition) is 4. The Morgan fingerprint density at radius 3 is 1.73 bits per heavy atom. The minimum atomic E-state index is -0.193. The third-order valence-electron chi connectivity index (χ3n) is 4.08. The molecular formula is C11H20O4. The summed E-state index contributed by atoms with van der Waals surface area (Å²) < 4.78 is 10.2. The fourth-order valence-electron chi connectivity index (χ4n) is 3.43. The van der Waals surface area contributed by atoms with Gasteiger partial charge in [-0.05, 0) is 42.9 Å². The molecule has 0 aromatic heterocycles. The first-order valence-corrected chi connectivity index (χ1v) is 5.74. The number of aliphatic hydroxyl groups is 2. The highest BCUT2D eigenvalue weighted by atomic mass is 16.6. The molecule has 4 unspecified atom stereocenters. The molecule has 2 bridgehead atoms. The van der Waals surface area contributed by atoms with Crippen molar-refractivity contribution in [1.29, 1.82) is 0 Å². The van der Waals surface area contributed by atoms with Crippen molar-refractivity contribution in [3.63, 3.8) is 0 Å². The zero-order valence-electron chi connectivity index (χ0n) is 8.97. The van der Waals surface area contributed by atoms with Crippen LogP contribution in [0.3, 0.4) is 0 Å². The second-order valence-electron chi connectivity index (χ2n) is 4.66. The first-order valence-electron chi connectivity index (χ1n) is 5.74. The number of aliphatic hydroxyl groups excluding tert-OH is 2. The van der Waals surface area contributed by atoms with Crippen molar-refractivity contribution >= 4 is 0 Å². The van der Waals surface area contributed by atoms with E-state index in [1.54, 1.807) is 0 Å². The molecule has 2 aliphatic carbocycles. The van der Waals surface area contributed by atoms with Gasteiger partial charge in [-0.25, -0.2) is 0 Å². The highest BCUT2D eigenvalue weighted by molar-refractivity contribution is 4.96. The second kappa shape index (κ2) is 5.25. The van der Waals surface area contributed by atoms with Crippen LogP contribution in [0, 0.1) is 23.7 Å². The van der Waals surface area contributed by atoms with Gasteiger partial charge in [0.05, 0.1) is 13.2 Å². The number of fused-ring (bicyclic) bond motifs is 2. The summed E-state index contributed by atoms with van der Waals surface area (Å²) in [7, 11) is 0. The van der Waals surface area contributed by atoms with Crippen LogP contribution in [0.15, 0.2) is 0 Å². The van der Waals surface area contributed by atoms with Gasteiger partial charge in [-0.15, -0.1) is 0 Å². The Labute approximate surface area is 90.2 Å². The van der Waals surface area contributed by atoms with E-state index < -0.39 is 0 Å². The van der Waals surface area contributed by atoms with Gasteiger partial charge in [-0.2, -0.15) is 0 Å². The van der Waals surface area contributed by atoms with Gasteiger partial charge >= 0.3 is 0 Å². The van der Waals surface area contributed by atoms with E-state index in [9.17, 15) is 0 Å². The van der Waals surface area contributed by atoms with Gasteiger partial charge < -0.3 is 19.7 Å². The summed E-state index contributed by atoms with van der Waals surface area (Å²) in [5.74, 6) is 2.52. The molecule has 0 spiro atoms. The minimum absolute atomic E-state index is 0.193. The van der Waals surface area contributed by atoms with Crippen LogP contribution in [0.2, 0.25) is 0 Å². The molecule has 0 radical (unpaired) electrons. The molecule has 2 aliphatic rings. The normalized spacial score (nSPS) is 38.8. The maximum Gasteiger partial charge on any atom is 0.143 e. The third kappa shape index (κ3) is 2.33. The minimum Gasteiger partial charge on any atom is -0.371 e. The van der Waals surface area contributed by atoms with Gasteiger partial charge in [-0.1, -0.05) is 0 Å². The summed E-state index contributed by atoms with van der Waals surface area (Å²) >= 11 is 0. The Morgan fingerprint density at radius 1 is 0.867 bits per heavy atom. The van der Waals surface area contributed by atoms with Crippen LogP contribution >= 0.6 is 0 Å². The molecule has 4 nitrogen and oxygen atoms in total. The number of rotatable bonds is 6. The lowest BCUT2D eigenvalue weighted by molar-refractivity contribution is -0.0656. The number of hydrogen-bond donors (Lipinski definition) is 2. The quantitative estimate of drug-likeness (QED) is 0.638. The van der Waals surface area contributed by atoms with E-state index in [1.807, 2.05) is 0 Å². The van der Waals surface area contributed by atoms with Crippen molar-refractivity contribution in [2.45, 2.75) is 19.3 Å². The maximum atomic E-state index is 8.67. The molecule has 4 heteroatoms. The molecule has 2 rings (SSSR count). The largest absolute Gasteiger partial charge is 0.371 e. The average molecular weight is 216 g/mol. The zero-order chi connectivity index (χ0) is 10.7. The predicted octanol–water partition coefficient (Wildman–Crippen LogP) is 0.581. The molecule has 0 heterocycles. The molecule has 2 fully saturated rings. The van der Waals surface area contributed by atoms with Crippen LogP contribution in [-0.4, -0.2) is 37.0 Å². The summed E-state index contributed by atoms with van der Waals surface area (Å²) in [5.41, 5.74) is 0. The van der Waals surface area contributed by atoms with Crippen LogP contribution in [0.1, 0.15) is 19.3 Å². The van der Waals surface area contributed by atoms with E-state index in [0.717, 1.165) is 11.8 Å². The molecule has 88 valence electrons. The summed E-state index contributed by atoms with van der Waals surface area (Å²) in [6.45, 7) is 0.886. The topological polar surface area (TPSA) is 58.9 Å². The Bertz CT molecular complexity index is 177. The van der Waals surface area contributed by atoms with E-state index in [2.05, 4.69) is 0 Å². The predicted molar refractivity (Wildman–Crippen MR) is 53.9 cm³/mol. The Hall–Kier alpha value is -0.160. The monoisotopic (exact) mass is 216 g/mol. The van der Waals surface area contributed by atoms with Crippen LogP contribution in [-0.2, 0) is 9.47 Å². The maximum absolute atomic E-state index is 8.67. The van der Waals surface area contributed by atoms with Crippen molar-refractivity contribution in [2.75, 3.05) is 26.8 Å².